The molecule has 4 heteroatoms. The highest BCUT2D eigenvalue weighted by molar-refractivity contribution is 9.10. The zero-order chi connectivity index (χ0) is 14.8. The summed E-state index contributed by atoms with van der Waals surface area (Å²) in [5.41, 5.74) is -0.00168. The third-order valence-corrected chi connectivity index (χ3v) is 4.13. The molecule has 1 aliphatic carbocycles. The quantitative estimate of drug-likeness (QED) is 0.838. The van der Waals surface area contributed by atoms with Gasteiger partial charge in [-0.3, -0.25) is 0 Å². The van der Waals surface area contributed by atoms with E-state index in [9.17, 15) is 4.39 Å². The van der Waals surface area contributed by atoms with Gasteiger partial charge in [-0.2, -0.15) is 0 Å². The first-order valence-corrected chi connectivity index (χ1v) is 7.98. The molecule has 0 aliphatic heterocycles. The van der Waals surface area contributed by atoms with Crippen LogP contribution in [-0.2, 0) is 0 Å². The van der Waals surface area contributed by atoms with Crippen LogP contribution in [0.3, 0.4) is 0 Å². The molecule has 1 fully saturated rings. The summed E-state index contributed by atoms with van der Waals surface area (Å²) in [6, 6.07) is 4.74. The fourth-order valence-corrected chi connectivity index (χ4v) is 2.92. The molecule has 20 heavy (non-hydrogen) atoms. The predicted octanol–water partition coefficient (Wildman–Crippen LogP) is 4.67. The van der Waals surface area contributed by atoms with Crippen molar-refractivity contribution in [3.8, 4) is 5.75 Å². The van der Waals surface area contributed by atoms with Gasteiger partial charge in [-0.05, 0) is 65.1 Å². The Hall–Kier alpha value is -0.610. The predicted molar refractivity (Wildman–Crippen MR) is 83.7 cm³/mol. The second-order valence-electron chi connectivity index (χ2n) is 6.67. The van der Waals surface area contributed by atoms with Crippen LogP contribution in [0.4, 0.5) is 4.39 Å². The number of halogens is 2. The van der Waals surface area contributed by atoms with E-state index >= 15 is 0 Å². The standard InChI is InChI=1S/C16H23BrFNO/c1-15(2,3)19-8-7-16(5-4-6-16)20-14-10-12(17)9-13(18)11-14/h9-11,19H,4-8H2,1-3H3. The topological polar surface area (TPSA) is 21.3 Å². The molecule has 0 spiro atoms. The van der Waals surface area contributed by atoms with Gasteiger partial charge >= 0.3 is 0 Å². The average Bonchev–Trinajstić information content (AvgIpc) is 2.22. The van der Waals surface area contributed by atoms with Gasteiger partial charge in [0.2, 0.25) is 0 Å². The fourth-order valence-electron chi connectivity index (χ4n) is 2.48. The van der Waals surface area contributed by atoms with E-state index in [2.05, 4.69) is 42.0 Å². The van der Waals surface area contributed by atoms with Gasteiger partial charge in [0.15, 0.2) is 0 Å². The van der Waals surface area contributed by atoms with Crippen LogP contribution in [0.5, 0.6) is 5.75 Å². The van der Waals surface area contributed by atoms with Gasteiger partial charge in [-0.1, -0.05) is 15.9 Å². The average molecular weight is 344 g/mol. The molecule has 0 atom stereocenters. The number of ether oxygens (including phenoxy) is 1. The van der Waals surface area contributed by atoms with Crippen molar-refractivity contribution in [2.45, 2.75) is 57.6 Å². The molecule has 0 unspecified atom stereocenters. The van der Waals surface area contributed by atoms with Crippen molar-refractivity contribution in [1.29, 1.82) is 0 Å². The van der Waals surface area contributed by atoms with E-state index in [-0.39, 0.29) is 17.0 Å². The van der Waals surface area contributed by atoms with Gasteiger partial charge in [0.05, 0.1) is 0 Å². The first kappa shape index (κ1) is 15.8. The van der Waals surface area contributed by atoms with Gasteiger partial charge in [0.25, 0.3) is 0 Å². The van der Waals surface area contributed by atoms with Crippen molar-refractivity contribution in [3.05, 3.63) is 28.5 Å². The Balaban J connectivity index is 1.97. The van der Waals surface area contributed by atoms with Crippen LogP contribution in [0.15, 0.2) is 22.7 Å². The van der Waals surface area contributed by atoms with Crippen LogP contribution in [0, 0.1) is 5.82 Å². The number of benzene rings is 1. The van der Waals surface area contributed by atoms with E-state index in [0.29, 0.717) is 5.75 Å². The lowest BCUT2D eigenvalue weighted by atomic mass is 9.77. The molecule has 1 aromatic rings. The minimum absolute atomic E-state index is 0.118. The normalized spacial score (nSPS) is 17.6. The molecule has 2 nitrogen and oxygen atoms in total. The van der Waals surface area contributed by atoms with Gasteiger partial charge in [0, 0.05) is 16.1 Å². The molecular weight excluding hydrogens is 321 g/mol. The minimum atomic E-state index is -0.267. The zero-order valence-corrected chi connectivity index (χ0v) is 14.0. The van der Waals surface area contributed by atoms with E-state index in [0.717, 1.165) is 30.3 Å². The Kier molecular flexibility index (Phi) is 4.75. The molecule has 0 radical (unpaired) electrons. The highest BCUT2D eigenvalue weighted by Crippen LogP contribution is 2.40. The van der Waals surface area contributed by atoms with Crippen molar-refractivity contribution in [2.75, 3.05) is 6.54 Å². The summed E-state index contributed by atoms with van der Waals surface area (Å²) in [5.74, 6) is 0.351. The van der Waals surface area contributed by atoms with E-state index in [1.807, 2.05) is 6.07 Å². The lowest BCUT2D eigenvalue weighted by Gasteiger charge is -2.42. The second-order valence-corrected chi connectivity index (χ2v) is 7.59. The van der Waals surface area contributed by atoms with E-state index in [4.69, 9.17) is 4.74 Å². The SMILES string of the molecule is CC(C)(C)NCCC1(Oc2cc(F)cc(Br)c2)CCC1. The van der Waals surface area contributed by atoms with Crippen LogP contribution < -0.4 is 10.1 Å². The van der Waals surface area contributed by atoms with E-state index in [1.54, 1.807) is 0 Å². The molecule has 0 bridgehead atoms. The maximum absolute atomic E-state index is 13.4. The molecule has 2 rings (SSSR count). The number of rotatable bonds is 5. The fraction of sp³-hybridized carbons (Fsp3) is 0.625. The molecule has 1 N–H and O–H groups in total. The Bertz CT molecular complexity index is 446. The van der Waals surface area contributed by atoms with Gasteiger partial charge in [0.1, 0.15) is 17.2 Å². The molecule has 1 aromatic carbocycles. The van der Waals surface area contributed by atoms with Crippen molar-refractivity contribution in [3.63, 3.8) is 0 Å². The molecule has 0 saturated heterocycles. The summed E-state index contributed by atoms with van der Waals surface area (Å²) in [6.07, 6.45) is 4.24. The summed E-state index contributed by atoms with van der Waals surface area (Å²) in [5, 5.41) is 3.49. The highest BCUT2D eigenvalue weighted by atomic mass is 79.9. The zero-order valence-electron chi connectivity index (χ0n) is 12.4. The maximum atomic E-state index is 13.4. The third kappa shape index (κ3) is 4.45. The molecule has 0 aromatic heterocycles. The summed E-state index contributed by atoms with van der Waals surface area (Å²) >= 11 is 3.31. The monoisotopic (exact) mass is 343 g/mol. The van der Waals surface area contributed by atoms with E-state index in [1.165, 1.54) is 18.6 Å². The second kappa shape index (κ2) is 6.02. The first-order valence-electron chi connectivity index (χ1n) is 7.18. The molecule has 1 aliphatic rings. The minimum Gasteiger partial charge on any atom is -0.487 e. The number of hydrogen-bond acceptors (Lipinski definition) is 2. The first-order chi connectivity index (χ1) is 9.28. The third-order valence-electron chi connectivity index (χ3n) is 3.67. The smallest absolute Gasteiger partial charge is 0.128 e. The number of nitrogens with one attached hydrogen (secondary N) is 1. The molecule has 0 heterocycles. The summed E-state index contributed by atoms with van der Waals surface area (Å²) in [6.45, 7) is 7.39. The van der Waals surface area contributed by atoms with Crippen LogP contribution in [0.1, 0.15) is 46.5 Å². The van der Waals surface area contributed by atoms with Gasteiger partial charge in [-0.15, -0.1) is 0 Å². The molecule has 112 valence electrons. The van der Waals surface area contributed by atoms with Crippen molar-refractivity contribution in [2.24, 2.45) is 0 Å². The summed E-state index contributed by atoms with van der Waals surface area (Å²) in [4.78, 5) is 0. The summed E-state index contributed by atoms with van der Waals surface area (Å²) < 4.78 is 20.2. The van der Waals surface area contributed by atoms with Crippen LogP contribution in [0.25, 0.3) is 0 Å². The molecule has 0 amide bonds. The van der Waals surface area contributed by atoms with Crippen molar-refractivity contribution >= 4 is 15.9 Å². The Morgan fingerprint density at radius 3 is 2.50 bits per heavy atom. The van der Waals surface area contributed by atoms with Crippen LogP contribution >= 0.6 is 15.9 Å². The maximum Gasteiger partial charge on any atom is 0.128 e. The Morgan fingerprint density at radius 1 is 1.30 bits per heavy atom. The van der Waals surface area contributed by atoms with Crippen LogP contribution in [-0.4, -0.2) is 17.7 Å². The lowest BCUT2D eigenvalue weighted by molar-refractivity contribution is -0.0154. The lowest BCUT2D eigenvalue weighted by Crippen LogP contribution is -2.47. The molecular formula is C16H23BrFNO. The van der Waals surface area contributed by atoms with Crippen molar-refractivity contribution < 1.29 is 9.13 Å². The Morgan fingerprint density at radius 2 is 2.00 bits per heavy atom. The van der Waals surface area contributed by atoms with Gasteiger partial charge < -0.3 is 10.1 Å². The van der Waals surface area contributed by atoms with Crippen molar-refractivity contribution in [1.82, 2.24) is 5.32 Å². The number of hydrogen-bond donors (Lipinski definition) is 1. The summed E-state index contributed by atoms with van der Waals surface area (Å²) in [7, 11) is 0. The largest absolute Gasteiger partial charge is 0.487 e. The molecule has 1 saturated carbocycles. The van der Waals surface area contributed by atoms with E-state index < -0.39 is 0 Å². The Labute approximate surface area is 129 Å². The highest BCUT2D eigenvalue weighted by Gasteiger charge is 2.39. The van der Waals surface area contributed by atoms with Crippen LogP contribution in [0.2, 0.25) is 0 Å². The van der Waals surface area contributed by atoms with Gasteiger partial charge in [-0.25, -0.2) is 4.39 Å².